The summed E-state index contributed by atoms with van der Waals surface area (Å²) in [4.78, 5) is 20.7. The number of amides is 1. The number of carbonyl (C=O) groups excluding carboxylic acids is 1. The van der Waals surface area contributed by atoms with E-state index in [0.29, 0.717) is 29.3 Å². The molecule has 0 saturated carbocycles. The van der Waals surface area contributed by atoms with E-state index in [9.17, 15) is 9.18 Å². The Hall–Kier alpha value is -4.00. The Morgan fingerprint density at radius 1 is 1.07 bits per heavy atom. The van der Waals surface area contributed by atoms with Crippen LogP contribution in [0.3, 0.4) is 0 Å². The second-order valence-corrected chi connectivity index (χ2v) is 6.64. The van der Waals surface area contributed by atoms with Crippen LogP contribution in [0.25, 0.3) is 0 Å². The smallest absolute Gasteiger partial charge is 0.251 e. The summed E-state index contributed by atoms with van der Waals surface area (Å²) >= 11 is 0. The van der Waals surface area contributed by atoms with Gasteiger partial charge in [0.2, 0.25) is 5.88 Å². The van der Waals surface area contributed by atoms with Gasteiger partial charge in [0, 0.05) is 48.9 Å². The number of hydrogen-bond donors (Lipinski definition) is 1. The maximum absolute atomic E-state index is 13.4. The highest BCUT2D eigenvalue weighted by Crippen LogP contribution is 2.23. The summed E-state index contributed by atoms with van der Waals surface area (Å²) in [5.74, 6) is 0.0633. The summed E-state index contributed by atoms with van der Waals surface area (Å²) in [5.41, 5.74) is 2.32. The van der Waals surface area contributed by atoms with Gasteiger partial charge in [0.15, 0.2) is 0 Å². The molecule has 150 valence electrons. The fraction of sp³-hybridized carbons (Fsp3) is 0.0870. The van der Waals surface area contributed by atoms with Gasteiger partial charge in [-0.3, -0.25) is 4.79 Å². The van der Waals surface area contributed by atoms with Crippen molar-refractivity contribution in [2.24, 2.45) is 0 Å². The molecule has 0 saturated heterocycles. The van der Waals surface area contributed by atoms with Crippen molar-refractivity contribution in [2.75, 3.05) is 0 Å². The predicted molar refractivity (Wildman–Crippen MR) is 110 cm³/mol. The van der Waals surface area contributed by atoms with Crippen LogP contribution in [0.4, 0.5) is 4.39 Å². The highest BCUT2D eigenvalue weighted by molar-refractivity contribution is 5.94. The van der Waals surface area contributed by atoms with E-state index in [1.165, 1.54) is 12.1 Å². The van der Waals surface area contributed by atoms with Crippen LogP contribution in [0.15, 0.2) is 85.6 Å². The molecule has 0 aliphatic heterocycles. The van der Waals surface area contributed by atoms with Crippen molar-refractivity contribution in [3.63, 3.8) is 0 Å². The van der Waals surface area contributed by atoms with Crippen LogP contribution in [0, 0.1) is 5.82 Å². The fourth-order valence-corrected chi connectivity index (χ4v) is 2.92. The van der Waals surface area contributed by atoms with Gasteiger partial charge in [-0.25, -0.2) is 14.4 Å². The van der Waals surface area contributed by atoms with E-state index in [4.69, 9.17) is 4.74 Å². The van der Waals surface area contributed by atoms with Gasteiger partial charge < -0.3 is 14.6 Å². The highest BCUT2D eigenvalue weighted by Gasteiger charge is 2.10. The number of benzene rings is 2. The number of halogens is 1. The third-order valence-electron chi connectivity index (χ3n) is 4.44. The van der Waals surface area contributed by atoms with Crippen LogP contribution in [-0.4, -0.2) is 20.4 Å². The number of ether oxygens (including phenoxy) is 1. The molecular weight excluding hydrogens is 383 g/mol. The van der Waals surface area contributed by atoms with Crippen LogP contribution >= 0.6 is 0 Å². The Kier molecular flexibility index (Phi) is 5.80. The summed E-state index contributed by atoms with van der Waals surface area (Å²) in [7, 11) is 0. The quantitative estimate of drug-likeness (QED) is 0.503. The number of hydrogen-bond acceptors (Lipinski definition) is 4. The molecular formula is C23H19FN4O2. The van der Waals surface area contributed by atoms with Gasteiger partial charge in [-0.2, -0.15) is 0 Å². The molecule has 2 heterocycles. The molecule has 30 heavy (non-hydrogen) atoms. The monoisotopic (exact) mass is 402 g/mol. The first-order chi connectivity index (χ1) is 14.7. The molecule has 0 radical (unpaired) electrons. The SMILES string of the molecule is O=C(NCc1cccnc1Oc1cccc(F)c1)c1ccc(Cn2ccnc2)cc1. The first kappa shape index (κ1) is 19.3. The molecule has 1 N–H and O–H groups in total. The fourth-order valence-electron chi connectivity index (χ4n) is 2.92. The molecule has 0 spiro atoms. The molecule has 0 aliphatic rings. The van der Waals surface area contributed by atoms with Crippen molar-refractivity contribution in [1.29, 1.82) is 0 Å². The zero-order valence-electron chi connectivity index (χ0n) is 16.0. The second kappa shape index (κ2) is 9.00. The largest absolute Gasteiger partial charge is 0.439 e. The minimum atomic E-state index is -0.394. The maximum Gasteiger partial charge on any atom is 0.251 e. The zero-order valence-corrected chi connectivity index (χ0v) is 16.0. The second-order valence-electron chi connectivity index (χ2n) is 6.64. The number of nitrogens with zero attached hydrogens (tertiary/aromatic N) is 3. The van der Waals surface area contributed by atoms with Crippen molar-refractivity contribution < 1.29 is 13.9 Å². The Morgan fingerprint density at radius 2 is 1.93 bits per heavy atom. The van der Waals surface area contributed by atoms with Gasteiger partial charge in [0.25, 0.3) is 5.91 Å². The number of carbonyl (C=O) groups is 1. The Balaban J connectivity index is 1.39. The number of pyridine rings is 1. The lowest BCUT2D eigenvalue weighted by atomic mass is 10.1. The zero-order chi connectivity index (χ0) is 20.8. The number of aromatic nitrogens is 3. The first-order valence-electron chi connectivity index (χ1n) is 9.37. The predicted octanol–water partition coefficient (Wildman–Crippen LogP) is 4.19. The lowest BCUT2D eigenvalue weighted by Crippen LogP contribution is -2.23. The van der Waals surface area contributed by atoms with E-state index < -0.39 is 5.82 Å². The molecule has 0 fully saturated rings. The van der Waals surface area contributed by atoms with Crippen molar-refractivity contribution in [1.82, 2.24) is 19.9 Å². The topological polar surface area (TPSA) is 69.0 Å². The van der Waals surface area contributed by atoms with E-state index >= 15 is 0 Å². The average molecular weight is 402 g/mol. The molecule has 4 rings (SSSR count). The Bertz CT molecular complexity index is 1130. The molecule has 1 amide bonds. The lowest BCUT2D eigenvalue weighted by Gasteiger charge is -2.11. The number of nitrogens with one attached hydrogen (secondary N) is 1. The van der Waals surface area contributed by atoms with Gasteiger partial charge in [0.1, 0.15) is 11.6 Å². The number of imidazole rings is 1. The molecule has 0 bridgehead atoms. The average Bonchev–Trinajstić information content (AvgIpc) is 3.26. The van der Waals surface area contributed by atoms with E-state index in [2.05, 4.69) is 15.3 Å². The molecule has 2 aromatic heterocycles. The van der Waals surface area contributed by atoms with Gasteiger partial charge in [0.05, 0.1) is 6.33 Å². The minimum Gasteiger partial charge on any atom is -0.439 e. The van der Waals surface area contributed by atoms with Crippen LogP contribution < -0.4 is 10.1 Å². The molecule has 2 aromatic carbocycles. The highest BCUT2D eigenvalue weighted by atomic mass is 19.1. The first-order valence-corrected chi connectivity index (χ1v) is 9.37. The molecule has 7 heteroatoms. The molecule has 6 nitrogen and oxygen atoms in total. The summed E-state index contributed by atoms with van der Waals surface area (Å²) < 4.78 is 21.0. The number of rotatable bonds is 7. The summed E-state index contributed by atoms with van der Waals surface area (Å²) in [6.45, 7) is 0.923. The summed E-state index contributed by atoms with van der Waals surface area (Å²) in [5, 5.41) is 2.87. The lowest BCUT2D eigenvalue weighted by molar-refractivity contribution is 0.0950. The molecule has 4 aromatic rings. The van der Waals surface area contributed by atoms with Gasteiger partial charge in [-0.05, 0) is 35.9 Å². The molecule has 0 unspecified atom stereocenters. The molecule has 0 atom stereocenters. The van der Waals surface area contributed by atoms with Crippen LogP contribution in [0.2, 0.25) is 0 Å². The molecule has 0 aliphatic carbocycles. The van der Waals surface area contributed by atoms with E-state index in [1.807, 2.05) is 22.9 Å². The van der Waals surface area contributed by atoms with Crippen molar-refractivity contribution in [3.05, 3.63) is 108 Å². The van der Waals surface area contributed by atoms with E-state index in [1.54, 1.807) is 55.1 Å². The maximum atomic E-state index is 13.4. The Labute approximate surface area is 173 Å². The van der Waals surface area contributed by atoms with Crippen molar-refractivity contribution in [2.45, 2.75) is 13.1 Å². The third-order valence-corrected chi connectivity index (χ3v) is 4.44. The van der Waals surface area contributed by atoms with Crippen molar-refractivity contribution >= 4 is 5.91 Å². The van der Waals surface area contributed by atoms with E-state index in [-0.39, 0.29) is 12.5 Å². The summed E-state index contributed by atoms with van der Waals surface area (Å²) in [6.07, 6.45) is 6.95. The normalized spacial score (nSPS) is 10.6. The van der Waals surface area contributed by atoms with Gasteiger partial charge in [-0.15, -0.1) is 0 Å². The summed E-state index contributed by atoms with van der Waals surface area (Å²) in [6, 6.07) is 16.8. The van der Waals surface area contributed by atoms with Crippen molar-refractivity contribution in [3.8, 4) is 11.6 Å². The van der Waals surface area contributed by atoms with Crippen LogP contribution in [-0.2, 0) is 13.1 Å². The standard InChI is InChI=1S/C23H19FN4O2/c24-20-4-1-5-21(13-20)30-23-19(3-2-10-26-23)14-27-22(29)18-8-6-17(7-9-18)15-28-12-11-25-16-28/h1-13,16H,14-15H2,(H,27,29). The van der Waals surface area contributed by atoms with E-state index in [0.717, 1.165) is 5.56 Å². The minimum absolute atomic E-state index is 0.204. The third kappa shape index (κ3) is 4.88. The van der Waals surface area contributed by atoms with Gasteiger partial charge >= 0.3 is 0 Å². The Morgan fingerprint density at radius 3 is 2.70 bits per heavy atom. The van der Waals surface area contributed by atoms with Crippen LogP contribution in [0.5, 0.6) is 11.6 Å². The van der Waals surface area contributed by atoms with Gasteiger partial charge in [-0.1, -0.05) is 24.3 Å². The van der Waals surface area contributed by atoms with Crippen LogP contribution in [0.1, 0.15) is 21.5 Å².